The fourth-order valence-electron chi connectivity index (χ4n) is 2.80. The van der Waals surface area contributed by atoms with Crippen molar-refractivity contribution in [3.8, 4) is 0 Å². The maximum absolute atomic E-state index is 12.4. The molecular weight excluding hydrogens is 282 g/mol. The third kappa shape index (κ3) is 1.98. The summed E-state index contributed by atoms with van der Waals surface area (Å²) in [6.07, 6.45) is 4.45. The molecule has 0 aromatic carbocycles. The van der Waals surface area contributed by atoms with Crippen molar-refractivity contribution in [2.75, 3.05) is 19.6 Å². The number of nitrogens with one attached hydrogen (secondary N) is 1. The molecule has 2 saturated heterocycles. The summed E-state index contributed by atoms with van der Waals surface area (Å²) in [5.74, 6) is 0.745. The molecule has 3 heterocycles. The van der Waals surface area contributed by atoms with Crippen molar-refractivity contribution in [1.82, 2.24) is 15.2 Å². The third-order valence-electron chi connectivity index (χ3n) is 3.66. The number of rotatable bonds is 1. The highest BCUT2D eigenvalue weighted by atomic mass is 79.9. The highest BCUT2D eigenvalue weighted by Gasteiger charge is 2.40. The Kier molecular flexibility index (Phi) is 2.88. The second-order valence-electron chi connectivity index (χ2n) is 4.66. The van der Waals surface area contributed by atoms with Crippen molar-refractivity contribution in [1.29, 1.82) is 0 Å². The third-order valence-corrected chi connectivity index (χ3v) is 4.09. The second-order valence-corrected chi connectivity index (χ2v) is 5.58. The van der Waals surface area contributed by atoms with Crippen LogP contribution in [-0.4, -0.2) is 41.5 Å². The van der Waals surface area contributed by atoms with Crippen LogP contribution in [0.4, 0.5) is 0 Å². The number of carbonyl (C=O) groups is 1. The zero-order valence-corrected chi connectivity index (χ0v) is 11.0. The Bertz CT molecular complexity index is 451. The maximum atomic E-state index is 12.4. The molecule has 2 atom stereocenters. The summed E-state index contributed by atoms with van der Waals surface area (Å²) in [4.78, 5) is 18.4. The average Bonchev–Trinajstić information content (AvgIpc) is 2.89. The smallest absolute Gasteiger partial charge is 0.255 e. The number of halogens is 1. The van der Waals surface area contributed by atoms with E-state index in [4.69, 9.17) is 0 Å². The van der Waals surface area contributed by atoms with Gasteiger partial charge in [-0.3, -0.25) is 9.78 Å². The van der Waals surface area contributed by atoms with Gasteiger partial charge in [0.1, 0.15) is 0 Å². The van der Waals surface area contributed by atoms with Crippen LogP contribution in [0.15, 0.2) is 22.9 Å². The number of pyridine rings is 1. The molecule has 4 nitrogen and oxygen atoms in total. The van der Waals surface area contributed by atoms with E-state index >= 15 is 0 Å². The summed E-state index contributed by atoms with van der Waals surface area (Å²) in [6, 6.07) is 2.21. The van der Waals surface area contributed by atoms with Crippen LogP contribution in [0.3, 0.4) is 0 Å². The lowest BCUT2D eigenvalue weighted by Crippen LogP contribution is -2.39. The van der Waals surface area contributed by atoms with Crippen LogP contribution >= 0.6 is 15.9 Å². The molecular formula is C12H14BrN3O. The standard InChI is InChI=1S/C12H14BrN3O/c13-10-3-9(5-14-6-10)12(17)16-2-1-8-4-15-7-11(8)16/h3,5-6,8,11,15H,1-2,4,7H2/t8-,11+/m1/s1. The van der Waals surface area contributed by atoms with Crippen LogP contribution < -0.4 is 5.32 Å². The van der Waals surface area contributed by atoms with Gasteiger partial charge in [-0.05, 0) is 34.3 Å². The fourth-order valence-corrected chi connectivity index (χ4v) is 3.16. The number of amides is 1. The zero-order valence-electron chi connectivity index (χ0n) is 9.40. The van der Waals surface area contributed by atoms with Crippen LogP contribution in [0, 0.1) is 5.92 Å². The molecule has 1 aromatic heterocycles. The van der Waals surface area contributed by atoms with Gasteiger partial charge in [-0.25, -0.2) is 0 Å². The molecule has 0 bridgehead atoms. The zero-order chi connectivity index (χ0) is 11.8. The molecule has 0 aliphatic carbocycles. The first-order chi connectivity index (χ1) is 8.25. The Morgan fingerprint density at radius 2 is 2.35 bits per heavy atom. The van der Waals surface area contributed by atoms with Gasteiger partial charge in [0.25, 0.3) is 5.91 Å². The van der Waals surface area contributed by atoms with E-state index in [1.54, 1.807) is 12.4 Å². The SMILES string of the molecule is O=C(c1cncc(Br)c1)N1CC[C@@H]2CNC[C@@H]21. The van der Waals surface area contributed by atoms with E-state index in [1.807, 2.05) is 11.0 Å². The molecule has 17 heavy (non-hydrogen) atoms. The summed E-state index contributed by atoms with van der Waals surface area (Å²) < 4.78 is 0.851. The number of carbonyl (C=O) groups excluding carboxylic acids is 1. The lowest BCUT2D eigenvalue weighted by molar-refractivity contribution is 0.0736. The molecule has 0 saturated carbocycles. The number of hydrogen-bond acceptors (Lipinski definition) is 3. The number of nitrogens with zero attached hydrogens (tertiary/aromatic N) is 2. The number of aromatic nitrogens is 1. The second kappa shape index (κ2) is 4.38. The summed E-state index contributed by atoms with van der Waals surface area (Å²) in [7, 11) is 0. The van der Waals surface area contributed by atoms with Gasteiger partial charge in [0, 0.05) is 42.5 Å². The quantitative estimate of drug-likeness (QED) is 0.849. The number of hydrogen-bond donors (Lipinski definition) is 1. The summed E-state index contributed by atoms with van der Waals surface area (Å²) in [5.41, 5.74) is 0.673. The van der Waals surface area contributed by atoms with E-state index in [0.29, 0.717) is 17.5 Å². The minimum Gasteiger partial charge on any atom is -0.334 e. The Balaban J connectivity index is 1.83. The van der Waals surface area contributed by atoms with E-state index < -0.39 is 0 Å². The molecule has 0 radical (unpaired) electrons. The van der Waals surface area contributed by atoms with Crippen molar-refractivity contribution in [2.24, 2.45) is 5.92 Å². The topological polar surface area (TPSA) is 45.2 Å². The van der Waals surface area contributed by atoms with Crippen LogP contribution in [0.1, 0.15) is 16.8 Å². The predicted octanol–water partition coefficient (Wildman–Crippen LogP) is 1.28. The van der Waals surface area contributed by atoms with Crippen molar-refractivity contribution >= 4 is 21.8 Å². The Morgan fingerprint density at radius 3 is 3.18 bits per heavy atom. The Morgan fingerprint density at radius 1 is 1.47 bits per heavy atom. The molecule has 1 aromatic rings. The van der Waals surface area contributed by atoms with E-state index in [1.165, 1.54) is 0 Å². The molecule has 90 valence electrons. The minimum atomic E-state index is 0.106. The van der Waals surface area contributed by atoms with Crippen molar-refractivity contribution in [2.45, 2.75) is 12.5 Å². The molecule has 0 unspecified atom stereocenters. The fraction of sp³-hybridized carbons (Fsp3) is 0.500. The van der Waals surface area contributed by atoms with Gasteiger partial charge in [0.2, 0.25) is 0 Å². The molecule has 1 amide bonds. The van der Waals surface area contributed by atoms with Gasteiger partial charge in [-0.1, -0.05) is 0 Å². The van der Waals surface area contributed by atoms with Gasteiger partial charge >= 0.3 is 0 Å². The maximum Gasteiger partial charge on any atom is 0.255 e. The first kappa shape index (κ1) is 11.2. The molecule has 2 aliphatic heterocycles. The van der Waals surface area contributed by atoms with E-state index in [9.17, 15) is 4.79 Å². The van der Waals surface area contributed by atoms with Gasteiger partial charge in [-0.15, -0.1) is 0 Å². The molecule has 5 heteroatoms. The highest BCUT2D eigenvalue weighted by Crippen LogP contribution is 2.28. The summed E-state index contributed by atoms with van der Waals surface area (Å²) in [5, 5.41) is 3.35. The van der Waals surface area contributed by atoms with E-state index in [0.717, 1.165) is 30.5 Å². The molecule has 2 fully saturated rings. The minimum absolute atomic E-state index is 0.106. The van der Waals surface area contributed by atoms with Crippen LogP contribution in [0.5, 0.6) is 0 Å². The monoisotopic (exact) mass is 295 g/mol. The van der Waals surface area contributed by atoms with Gasteiger partial charge < -0.3 is 10.2 Å². The highest BCUT2D eigenvalue weighted by molar-refractivity contribution is 9.10. The molecule has 0 spiro atoms. The van der Waals surface area contributed by atoms with Crippen LogP contribution in [0.2, 0.25) is 0 Å². The molecule has 3 rings (SSSR count). The lowest BCUT2D eigenvalue weighted by atomic mass is 10.1. The van der Waals surface area contributed by atoms with E-state index in [2.05, 4.69) is 26.2 Å². The number of fused-ring (bicyclic) bond motifs is 1. The van der Waals surface area contributed by atoms with E-state index in [-0.39, 0.29) is 5.91 Å². The first-order valence-electron chi connectivity index (χ1n) is 5.88. The number of likely N-dealkylation sites (tertiary alicyclic amines) is 1. The summed E-state index contributed by atoms with van der Waals surface area (Å²) in [6.45, 7) is 2.85. The lowest BCUT2D eigenvalue weighted by Gasteiger charge is -2.23. The van der Waals surface area contributed by atoms with Gasteiger partial charge in [0.15, 0.2) is 0 Å². The van der Waals surface area contributed by atoms with Crippen LogP contribution in [-0.2, 0) is 0 Å². The molecule has 2 aliphatic rings. The Hall–Kier alpha value is -0.940. The van der Waals surface area contributed by atoms with Crippen molar-refractivity contribution in [3.05, 3.63) is 28.5 Å². The van der Waals surface area contributed by atoms with Gasteiger partial charge in [0.05, 0.1) is 5.56 Å². The molecule has 1 N–H and O–H groups in total. The van der Waals surface area contributed by atoms with Crippen molar-refractivity contribution in [3.63, 3.8) is 0 Å². The predicted molar refractivity (Wildman–Crippen MR) is 67.7 cm³/mol. The van der Waals surface area contributed by atoms with Crippen molar-refractivity contribution < 1.29 is 4.79 Å². The van der Waals surface area contributed by atoms with Crippen LogP contribution in [0.25, 0.3) is 0 Å². The summed E-state index contributed by atoms with van der Waals surface area (Å²) >= 11 is 3.35. The average molecular weight is 296 g/mol. The first-order valence-corrected chi connectivity index (χ1v) is 6.67. The normalized spacial score (nSPS) is 27.2. The van der Waals surface area contributed by atoms with Gasteiger partial charge in [-0.2, -0.15) is 0 Å². The Labute approximate surface area is 109 Å². The largest absolute Gasteiger partial charge is 0.334 e.